The van der Waals surface area contributed by atoms with Crippen LogP contribution in [0.1, 0.15) is 41.4 Å². The van der Waals surface area contributed by atoms with Crippen molar-refractivity contribution in [3.8, 4) is 0 Å². The summed E-state index contributed by atoms with van der Waals surface area (Å²) in [6.07, 6.45) is 8.33. The van der Waals surface area contributed by atoms with Gasteiger partial charge in [0.25, 0.3) is 5.91 Å². The highest BCUT2D eigenvalue weighted by Gasteiger charge is 2.30. The number of nitrogens with one attached hydrogen (secondary N) is 1. The Kier molecular flexibility index (Phi) is 3.44. The van der Waals surface area contributed by atoms with Gasteiger partial charge in [0.2, 0.25) is 0 Å². The van der Waals surface area contributed by atoms with Crippen molar-refractivity contribution in [1.82, 2.24) is 29.5 Å². The monoisotopic (exact) mass is 346 g/mol. The van der Waals surface area contributed by atoms with Crippen molar-refractivity contribution in [2.24, 2.45) is 0 Å². The Labute approximate surface area is 149 Å². The van der Waals surface area contributed by atoms with Crippen molar-refractivity contribution in [1.29, 1.82) is 0 Å². The van der Waals surface area contributed by atoms with Gasteiger partial charge in [0.15, 0.2) is 5.65 Å². The molecule has 4 heterocycles. The molecule has 1 aliphatic rings. The minimum atomic E-state index is -0.00591. The van der Waals surface area contributed by atoms with Crippen LogP contribution in [0.4, 0.5) is 0 Å². The Morgan fingerprint density at radius 3 is 3.12 bits per heavy atom. The number of nitrogens with zero attached hydrogens (tertiary/aromatic N) is 5. The lowest BCUT2D eigenvalue weighted by molar-refractivity contribution is 0.0606. The van der Waals surface area contributed by atoms with Crippen LogP contribution in [0.2, 0.25) is 0 Å². The predicted octanol–water partition coefficient (Wildman–Crippen LogP) is 2.97. The van der Waals surface area contributed by atoms with Crippen molar-refractivity contribution in [2.45, 2.75) is 25.3 Å². The number of hydrogen-bond donors (Lipinski definition) is 1. The topological polar surface area (TPSA) is 79.2 Å². The van der Waals surface area contributed by atoms with E-state index in [1.165, 1.54) is 0 Å². The van der Waals surface area contributed by atoms with Crippen molar-refractivity contribution < 1.29 is 4.79 Å². The molecule has 1 atom stereocenters. The first-order valence-corrected chi connectivity index (χ1v) is 8.84. The number of benzene rings is 1. The Morgan fingerprint density at radius 2 is 2.15 bits per heavy atom. The molecule has 1 aliphatic heterocycles. The molecule has 1 fully saturated rings. The van der Waals surface area contributed by atoms with Gasteiger partial charge in [-0.3, -0.25) is 4.79 Å². The van der Waals surface area contributed by atoms with Gasteiger partial charge in [0, 0.05) is 24.4 Å². The summed E-state index contributed by atoms with van der Waals surface area (Å²) in [4.78, 5) is 27.2. The number of rotatable bonds is 2. The second-order valence-electron chi connectivity index (χ2n) is 6.63. The molecule has 26 heavy (non-hydrogen) atoms. The van der Waals surface area contributed by atoms with Crippen LogP contribution in [0.3, 0.4) is 0 Å². The van der Waals surface area contributed by atoms with E-state index in [2.05, 4.69) is 15.1 Å². The molecule has 0 bridgehead atoms. The molecule has 1 amide bonds. The summed E-state index contributed by atoms with van der Waals surface area (Å²) < 4.78 is 1.74. The Morgan fingerprint density at radius 1 is 1.19 bits per heavy atom. The van der Waals surface area contributed by atoms with Gasteiger partial charge in [-0.15, -0.1) is 0 Å². The zero-order valence-corrected chi connectivity index (χ0v) is 14.2. The number of amides is 1. The van der Waals surface area contributed by atoms with Gasteiger partial charge in [0.05, 0.1) is 35.3 Å². The molecule has 0 spiro atoms. The highest BCUT2D eigenvalue weighted by molar-refractivity contribution is 5.97. The van der Waals surface area contributed by atoms with E-state index >= 15 is 0 Å². The SMILES string of the molecule is O=C(c1ccc2nc[nH]c2c1)N1CCCC[C@H]1c1ccn2nccc2n1. The average Bonchev–Trinajstić information content (AvgIpc) is 3.35. The zero-order chi connectivity index (χ0) is 17.5. The Bertz CT molecular complexity index is 1100. The van der Waals surface area contributed by atoms with Gasteiger partial charge in [0.1, 0.15) is 0 Å². The molecule has 130 valence electrons. The molecule has 0 unspecified atom stereocenters. The lowest BCUT2D eigenvalue weighted by atomic mass is 9.98. The first kappa shape index (κ1) is 15.1. The first-order valence-electron chi connectivity index (χ1n) is 8.84. The molecule has 1 saturated heterocycles. The summed E-state index contributed by atoms with van der Waals surface area (Å²) in [5.74, 6) is 0.0429. The molecular formula is C19H18N6O. The van der Waals surface area contributed by atoms with Crippen LogP contribution in [0.5, 0.6) is 0 Å². The lowest BCUT2D eigenvalue weighted by Gasteiger charge is -2.35. The number of piperidine rings is 1. The molecule has 4 aromatic rings. The molecule has 1 N–H and O–H groups in total. The number of carbonyl (C=O) groups is 1. The summed E-state index contributed by atoms with van der Waals surface area (Å²) in [5.41, 5.74) is 4.15. The first-order chi connectivity index (χ1) is 12.8. The summed E-state index contributed by atoms with van der Waals surface area (Å²) in [5, 5.41) is 4.19. The van der Waals surface area contributed by atoms with Crippen LogP contribution < -0.4 is 0 Å². The van der Waals surface area contributed by atoms with E-state index in [9.17, 15) is 4.79 Å². The van der Waals surface area contributed by atoms with Crippen LogP contribution in [0, 0.1) is 0 Å². The maximum absolute atomic E-state index is 13.2. The highest BCUT2D eigenvalue weighted by Crippen LogP contribution is 2.31. The maximum atomic E-state index is 13.2. The molecule has 1 aromatic carbocycles. The van der Waals surface area contributed by atoms with Gasteiger partial charge in [-0.2, -0.15) is 5.10 Å². The van der Waals surface area contributed by atoms with Crippen LogP contribution in [0.25, 0.3) is 16.7 Å². The minimum Gasteiger partial charge on any atom is -0.345 e. The van der Waals surface area contributed by atoms with E-state index in [0.717, 1.165) is 48.2 Å². The second-order valence-corrected chi connectivity index (χ2v) is 6.63. The summed E-state index contributed by atoms with van der Waals surface area (Å²) in [7, 11) is 0. The number of hydrogen-bond acceptors (Lipinski definition) is 4. The summed E-state index contributed by atoms with van der Waals surface area (Å²) in [6.45, 7) is 0.747. The summed E-state index contributed by atoms with van der Waals surface area (Å²) >= 11 is 0. The third kappa shape index (κ3) is 2.44. The number of H-pyrrole nitrogens is 1. The molecule has 0 radical (unpaired) electrons. The molecule has 0 saturated carbocycles. The number of likely N-dealkylation sites (tertiary alicyclic amines) is 1. The van der Waals surface area contributed by atoms with E-state index in [0.29, 0.717) is 5.56 Å². The number of imidazole rings is 1. The summed E-state index contributed by atoms with van der Waals surface area (Å²) in [6, 6.07) is 9.45. The van der Waals surface area contributed by atoms with E-state index in [-0.39, 0.29) is 11.9 Å². The fraction of sp³-hybridized carbons (Fsp3) is 0.263. The number of carbonyl (C=O) groups excluding carboxylic acids is 1. The van der Waals surface area contributed by atoms with Crippen molar-refractivity contribution >= 4 is 22.6 Å². The van der Waals surface area contributed by atoms with Crippen molar-refractivity contribution in [2.75, 3.05) is 6.54 Å². The van der Waals surface area contributed by atoms with Crippen LogP contribution >= 0.6 is 0 Å². The van der Waals surface area contributed by atoms with Crippen molar-refractivity contribution in [3.63, 3.8) is 0 Å². The standard InChI is InChI=1S/C19H18N6O/c26-19(13-4-5-14-16(11-13)21-12-20-14)24-9-2-1-3-17(24)15-7-10-25-18(23-15)6-8-22-25/h4-8,10-12,17H,1-3,9H2,(H,20,21)/t17-/m0/s1. The molecule has 0 aliphatic carbocycles. The van der Waals surface area contributed by atoms with Gasteiger partial charge >= 0.3 is 0 Å². The van der Waals surface area contributed by atoms with Gasteiger partial charge in [-0.1, -0.05) is 0 Å². The Balaban J connectivity index is 1.51. The third-order valence-electron chi connectivity index (χ3n) is 5.05. The largest absolute Gasteiger partial charge is 0.345 e. The van der Waals surface area contributed by atoms with Gasteiger partial charge < -0.3 is 9.88 Å². The molecule has 3 aromatic heterocycles. The number of aromatic amines is 1. The minimum absolute atomic E-state index is 0.00591. The molecule has 7 heteroatoms. The predicted molar refractivity (Wildman–Crippen MR) is 96.7 cm³/mol. The fourth-order valence-electron chi connectivity index (χ4n) is 3.73. The fourth-order valence-corrected chi connectivity index (χ4v) is 3.73. The van der Waals surface area contributed by atoms with E-state index in [4.69, 9.17) is 4.98 Å². The second kappa shape index (κ2) is 5.94. The van der Waals surface area contributed by atoms with Gasteiger partial charge in [-0.25, -0.2) is 14.5 Å². The Hall–Kier alpha value is -3.22. The van der Waals surface area contributed by atoms with E-state index in [1.807, 2.05) is 41.4 Å². The average molecular weight is 346 g/mol. The zero-order valence-electron chi connectivity index (χ0n) is 14.2. The van der Waals surface area contributed by atoms with Crippen LogP contribution in [-0.4, -0.2) is 41.9 Å². The van der Waals surface area contributed by atoms with Crippen LogP contribution in [-0.2, 0) is 0 Å². The lowest BCUT2D eigenvalue weighted by Crippen LogP contribution is -2.38. The maximum Gasteiger partial charge on any atom is 0.254 e. The van der Waals surface area contributed by atoms with E-state index in [1.54, 1.807) is 17.0 Å². The van der Waals surface area contributed by atoms with E-state index < -0.39 is 0 Å². The van der Waals surface area contributed by atoms with Gasteiger partial charge in [-0.05, 0) is 43.5 Å². The smallest absolute Gasteiger partial charge is 0.254 e. The molecule has 5 rings (SSSR count). The normalized spacial score (nSPS) is 17.8. The third-order valence-corrected chi connectivity index (χ3v) is 5.05. The number of fused-ring (bicyclic) bond motifs is 2. The quantitative estimate of drug-likeness (QED) is 0.605. The van der Waals surface area contributed by atoms with Crippen molar-refractivity contribution in [3.05, 3.63) is 60.3 Å². The highest BCUT2D eigenvalue weighted by atomic mass is 16.2. The number of aromatic nitrogens is 5. The van der Waals surface area contributed by atoms with Crippen LogP contribution in [0.15, 0.2) is 49.1 Å². The molecule has 7 nitrogen and oxygen atoms in total. The molecular weight excluding hydrogens is 328 g/mol.